The Morgan fingerprint density at radius 2 is 0.446 bits per heavy atom. The van der Waals surface area contributed by atoms with Crippen LogP contribution in [0.3, 0.4) is 0 Å². The van der Waals surface area contributed by atoms with Crippen LogP contribution < -0.4 is 0 Å². The van der Waals surface area contributed by atoms with Crippen LogP contribution in [0.4, 0.5) is 0 Å². The van der Waals surface area contributed by atoms with Gasteiger partial charge in [0.2, 0.25) is 0 Å². The van der Waals surface area contributed by atoms with Crippen LogP contribution >= 0.6 is 22.7 Å². The van der Waals surface area contributed by atoms with Gasteiger partial charge in [-0.25, -0.2) is 0 Å². The van der Waals surface area contributed by atoms with Gasteiger partial charge in [-0.2, -0.15) is 0 Å². The maximum atomic E-state index is 2.46. The fourth-order valence-electron chi connectivity index (χ4n) is 11.8. The van der Waals surface area contributed by atoms with Gasteiger partial charge in [-0.05, 0) is 180 Å². The highest BCUT2D eigenvalue weighted by Gasteiger charge is 2.21. The summed E-state index contributed by atoms with van der Waals surface area (Å²) in [6, 6.07) is 99.3. The van der Waals surface area contributed by atoms with E-state index in [0.29, 0.717) is 0 Å². The summed E-state index contributed by atoms with van der Waals surface area (Å²) >= 11 is 3.75. The van der Waals surface area contributed by atoms with Gasteiger partial charge in [0, 0.05) is 19.5 Å². The summed E-state index contributed by atoms with van der Waals surface area (Å²) in [4.78, 5) is 5.09. The van der Waals surface area contributed by atoms with Crippen LogP contribution in [0.15, 0.2) is 267 Å². The smallest absolute Gasteiger partial charge is 0.0449 e. The third-order valence-electron chi connectivity index (χ3n) is 15.3. The molecule has 344 valence electrons. The molecule has 0 unspecified atom stereocenters. The minimum absolute atomic E-state index is 1.22. The van der Waals surface area contributed by atoms with E-state index in [1.165, 1.54) is 151 Å². The highest BCUT2D eigenvalue weighted by molar-refractivity contribution is 7.25. The lowest BCUT2D eigenvalue weighted by Gasteiger charge is -2.19. The van der Waals surface area contributed by atoms with Gasteiger partial charge in [0.1, 0.15) is 0 Å². The molecule has 0 aliphatic carbocycles. The summed E-state index contributed by atoms with van der Waals surface area (Å²) in [5.74, 6) is 0. The van der Waals surface area contributed by atoms with E-state index in [9.17, 15) is 0 Å². The van der Waals surface area contributed by atoms with Gasteiger partial charge < -0.3 is 0 Å². The number of benzene rings is 13. The van der Waals surface area contributed by atoms with E-state index in [1.54, 1.807) is 0 Å². The highest BCUT2D eigenvalue weighted by Crippen LogP contribution is 2.49. The molecule has 0 fully saturated rings. The molecule has 0 saturated carbocycles. The van der Waals surface area contributed by atoms with E-state index in [0.717, 1.165) is 0 Å². The maximum absolute atomic E-state index is 2.46. The van der Waals surface area contributed by atoms with Crippen molar-refractivity contribution in [2.75, 3.05) is 0 Å². The SMILES string of the molecule is c1ccc2cc(-c3c4ccccc4c(-c4ccc(-c5ccc(-c6ccc(-c7ccc8c(-c9ccc%10ccccc%10c9)c9ccccc9c(-c9ccc%10ccccc%10c9)c8c7)s6)s5)cc4)c4ccccc34)ccc2c1. The second-order valence-electron chi connectivity index (χ2n) is 19.5. The average Bonchev–Trinajstić information content (AvgIpc) is 4.20. The molecule has 0 aliphatic rings. The Balaban J connectivity index is 0.799. The first-order chi connectivity index (χ1) is 36.7. The molecule has 0 radical (unpaired) electrons. The molecule has 0 atom stereocenters. The molecule has 0 bridgehead atoms. The van der Waals surface area contributed by atoms with Crippen molar-refractivity contribution in [3.63, 3.8) is 0 Å². The van der Waals surface area contributed by atoms with E-state index in [1.807, 2.05) is 22.7 Å². The first-order valence-electron chi connectivity index (χ1n) is 25.4. The van der Waals surface area contributed by atoms with Gasteiger partial charge in [0.25, 0.3) is 0 Å². The minimum atomic E-state index is 1.22. The van der Waals surface area contributed by atoms with Crippen molar-refractivity contribution in [1.82, 2.24) is 0 Å². The van der Waals surface area contributed by atoms with E-state index in [4.69, 9.17) is 0 Å². The predicted octanol–water partition coefficient (Wildman–Crippen LogP) is 21.6. The zero-order chi connectivity index (χ0) is 48.7. The molecular formula is C72H44S2. The Bertz CT molecular complexity index is 4660. The van der Waals surface area contributed by atoms with E-state index in [2.05, 4.69) is 267 Å². The minimum Gasteiger partial charge on any atom is -0.134 e. The number of hydrogen-bond donors (Lipinski definition) is 0. The summed E-state index contributed by atoms with van der Waals surface area (Å²) < 4.78 is 0. The van der Waals surface area contributed by atoms with Crippen molar-refractivity contribution in [3.05, 3.63) is 267 Å². The fraction of sp³-hybridized carbons (Fsp3) is 0. The quantitative estimate of drug-likeness (QED) is 0.140. The molecule has 15 aromatic rings. The molecule has 0 amide bonds. The van der Waals surface area contributed by atoms with Crippen molar-refractivity contribution >= 4 is 98.1 Å². The largest absolute Gasteiger partial charge is 0.134 e. The normalized spacial score (nSPS) is 11.8. The lowest BCUT2D eigenvalue weighted by atomic mass is 9.84. The van der Waals surface area contributed by atoms with Crippen LogP contribution in [-0.2, 0) is 0 Å². The van der Waals surface area contributed by atoms with E-state index >= 15 is 0 Å². The van der Waals surface area contributed by atoms with Crippen molar-refractivity contribution < 1.29 is 0 Å². The standard InChI is InChI=1S/C72H44S2/c1-4-16-50-41-54(32-25-45(50)13-1)70-59-21-9-7-19-57(59)69(58-20-8-10-22-60(58)70)49-30-28-48(29-31-49)65-37-39-67(73-65)68-40-38-66(74-68)53-35-36-63-64(44-53)72(56-34-27-47-15-3-6-18-52(47)43-56)62-24-12-11-23-61(62)71(63)55-33-26-46-14-2-5-17-51(46)42-55/h1-44H. The summed E-state index contributed by atoms with van der Waals surface area (Å²) in [6.07, 6.45) is 0. The molecule has 2 heteroatoms. The fourth-order valence-corrected chi connectivity index (χ4v) is 13.9. The number of thiophene rings is 2. The van der Waals surface area contributed by atoms with Crippen molar-refractivity contribution in [2.45, 2.75) is 0 Å². The Morgan fingerprint density at radius 1 is 0.162 bits per heavy atom. The van der Waals surface area contributed by atoms with E-state index < -0.39 is 0 Å². The molecule has 2 aromatic heterocycles. The number of fused-ring (bicyclic) bond motifs is 7. The van der Waals surface area contributed by atoms with Crippen LogP contribution in [0.1, 0.15) is 0 Å². The predicted molar refractivity (Wildman–Crippen MR) is 323 cm³/mol. The summed E-state index contributed by atoms with van der Waals surface area (Å²) in [7, 11) is 0. The zero-order valence-electron chi connectivity index (χ0n) is 40.2. The van der Waals surface area contributed by atoms with Gasteiger partial charge in [-0.3, -0.25) is 0 Å². The first kappa shape index (κ1) is 42.7. The van der Waals surface area contributed by atoms with Gasteiger partial charge in [0.05, 0.1) is 0 Å². The lowest BCUT2D eigenvalue weighted by molar-refractivity contribution is 1.66. The molecular weight excluding hydrogens is 929 g/mol. The van der Waals surface area contributed by atoms with Crippen molar-refractivity contribution in [1.29, 1.82) is 0 Å². The maximum Gasteiger partial charge on any atom is 0.0449 e. The van der Waals surface area contributed by atoms with Crippen molar-refractivity contribution in [2.24, 2.45) is 0 Å². The van der Waals surface area contributed by atoms with Gasteiger partial charge >= 0.3 is 0 Å². The van der Waals surface area contributed by atoms with Crippen molar-refractivity contribution in [3.8, 4) is 75.1 Å². The molecule has 0 aliphatic heterocycles. The zero-order valence-corrected chi connectivity index (χ0v) is 41.9. The molecule has 0 saturated heterocycles. The molecule has 2 heterocycles. The average molecular weight is 973 g/mol. The number of rotatable bonds is 7. The van der Waals surface area contributed by atoms with Crippen LogP contribution in [0, 0.1) is 0 Å². The lowest BCUT2D eigenvalue weighted by Crippen LogP contribution is -1.92. The Hall–Kier alpha value is -8.92. The van der Waals surface area contributed by atoms with Crippen LogP contribution in [0.2, 0.25) is 0 Å². The van der Waals surface area contributed by atoms with Gasteiger partial charge in [-0.1, -0.05) is 218 Å². The Labute approximate surface area is 437 Å². The Morgan fingerprint density at radius 3 is 0.865 bits per heavy atom. The molecule has 0 spiro atoms. The highest BCUT2D eigenvalue weighted by atomic mass is 32.1. The summed E-state index contributed by atoms with van der Waals surface area (Å²) in [5.41, 5.74) is 12.5. The molecule has 0 nitrogen and oxygen atoms in total. The molecule has 74 heavy (non-hydrogen) atoms. The monoisotopic (exact) mass is 972 g/mol. The summed E-state index contributed by atoms with van der Waals surface area (Å²) in [6.45, 7) is 0. The second kappa shape index (κ2) is 17.4. The van der Waals surface area contributed by atoms with Gasteiger partial charge in [0.15, 0.2) is 0 Å². The first-order valence-corrected chi connectivity index (χ1v) is 27.0. The van der Waals surface area contributed by atoms with E-state index in [-0.39, 0.29) is 0 Å². The molecule has 15 rings (SSSR count). The second-order valence-corrected chi connectivity index (χ2v) is 21.7. The Kier molecular flexibility index (Phi) is 10.0. The van der Waals surface area contributed by atoms with Crippen LogP contribution in [0.25, 0.3) is 151 Å². The summed E-state index contributed by atoms with van der Waals surface area (Å²) in [5, 5.41) is 17.6. The third kappa shape index (κ3) is 7.10. The molecule has 0 N–H and O–H groups in total. The van der Waals surface area contributed by atoms with Crippen LogP contribution in [-0.4, -0.2) is 0 Å². The topological polar surface area (TPSA) is 0 Å². The number of hydrogen-bond acceptors (Lipinski definition) is 2. The van der Waals surface area contributed by atoms with Gasteiger partial charge in [-0.15, -0.1) is 22.7 Å². The molecule has 13 aromatic carbocycles. The third-order valence-corrected chi connectivity index (χ3v) is 17.7. The van der Waals surface area contributed by atoms with Crippen LogP contribution in [0.5, 0.6) is 0 Å².